The van der Waals surface area contributed by atoms with Crippen LogP contribution in [-0.4, -0.2) is 7.11 Å². The van der Waals surface area contributed by atoms with Crippen LogP contribution >= 0.6 is 50.7 Å². The van der Waals surface area contributed by atoms with Gasteiger partial charge in [-0.25, -0.2) is 0 Å². The standard InChI is InChI=1S/C21H17BrCl3NO2/c1-27-20-9-14(11-26-16-6-7-17(23)18(24)10-16)8-19(25)21(20)28-12-13-2-4-15(22)5-3-13/h2-10,26H,11-12H2,1H3. The highest BCUT2D eigenvalue weighted by molar-refractivity contribution is 9.10. The summed E-state index contributed by atoms with van der Waals surface area (Å²) in [6.07, 6.45) is 0. The van der Waals surface area contributed by atoms with E-state index in [1.54, 1.807) is 19.2 Å². The Labute approximate surface area is 187 Å². The molecule has 0 fully saturated rings. The summed E-state index contributed by atoms with van der Waals surface area (Å²) in [6, 6.07) is 17.0. The molecule has 3 rings (SSSR count). The minimum atomic E-state index is 0.393. The van der Waals surface area contributed by atoms with Gasteiger partial charge in [-0.15, -0.1) is 0 Å². The maximum Gasteiger partial charge on any atom is 0.180 e. The van der Waals surface area contributed by atoms with Crippen LogP contribution in [0.1, 0.15) is 11.1 Å². The molecule has 3 aromatic rings. The normalized spacial score (nSPS) is 10.6. The number of anilines is 1. The van der Waals surface area contributed by atoms with E-state index in [1.807, 2.05) is 42.5 Å². The average Bonchev–Trinajstić information content (AvgIpc) is 2.69. The molecule has 0 saturated heterocycles. The van der Waals surface area contributed by atoms with Gasteiger partial charge >= 0.3 is 0 Å². The molecule has 0 spiro atoms. The van der Waals surface area contributed by atoms with Gasteiger partial charge in [0.15, 0.2) is 11.5 Å². The second-order valence-electron chi connectivity index (χ2n) is 6.01. The predicted octanol–water partition coefficient (Wildman–Crippen LogP) is 7.61. The van der Waals surface area contributed by atoms with E-state index in [2.05, 4.69) is 21.2 Å². The number of nitrogens with one attached hydrogen (secondary N) is 1. The summed E-state index contributed by atoms with van der Waals surface area (Å²) in [5.74, 6) is 1.10. The van der Waals surface area contributed by atoms with Gasteiger partial charge in [-0.1, -0.05) is 62.9 Å². The maximum absolute atomic E-state index is 6.45. The molecular formula is C21H17BrCl3NO2. The summed E-state index contributed by atoms with van der Waals surface area (Å²) >= 11 is 21.9. The predicted molar refractivity (Wildman–Crippen MR) is 120 cm³/mol. The topological polar surface area (TPSA) is 30.5 Å². The lowest BCUT2D eigenvalue weighted by Crippen LogP contribution is -2.02. The molecule has 1 N–H and O–H groups in total. The Kier molecular flexibility index (Phi) is 7.36. The third kappa shape index (κ3) is 5.48. The second kappa shape index (κ2) is 9.75. The van der Waals surface area contributed by atoms with Crippen LogP contribution in [0.15, 0.2) is 59.1 Å². The molecule has 0 amide bonds. The van der Waals surface area contributed by atoms with Gasteiger partial charge in [0.1, 0.15) is 6.61 Å². The molecule has 146 valence electrons. The summed E-state index contributed by atoms with van der Waals surface area (Å²) in [6.45, 7) is 0.936. The van der Waals surface area contributed by atoms with Crippen LogP contribution in [0.2, 0.25) is 15.1 Å². The SMILES string of the molecule is COc1cc(CNc2ccc(Cl)c(Cl)c2)cc(Cl)c1OCc1ccc(Br)cc1. The van der Waals surface area contributed by atoms with E-state index in [9.17, 15) is 0 Å². The van der Waals surface area contributed by atoms with Crippen molar-refractivity contribution in [2.45, 2.75) is 13.2 Å². The molecule has 0 aromatic heterocycles. The molecule has 3 aromatic carbocycles. The van der Waals surface area contributed by atoms with Crippen LogP contribution in [0, 0.1) is 0 Å². The molecule has 0 unspecified atom stereocenters. The largest absolute Gasteiger partial charge is 0.493 e. The fourth-order valence-electron chi connectivity index (χ4n) is 2.56. The number of ether oxygens (including phenoxy) is 2. The average molecular weight is 502 g/mol. The van der Waals surface area contributed by atoms with E-state index in [0.717, 1.165) is 21.3 Å². The highest BCUT2D eigenvalue weighted by atomic mass is 79.9. The molecule has 7 heteroatoms. The molecule has 0 atom stereocenters. The molecule has 0 saturated carbocycles. The Balaban J connectivity index is 1.71. The van der Waals surface area contributed by atoms with Gasteiger partial charge in [0.2, 0.25) is 0 Å². The van der Waals surface area contributed by atoms with Crippen molar-refractivity contribution in [3.8, 4) is 11.5 Å². The molecule has 0 heterocycles. The number of hydrogen-bond acceptors (Lipinski definition) is 3. The smallest absolute Gasteiger partial charge is 0.180 e. The van der Waals surface area contributed by atoms with Crippen molar-refractivity contribution in [3.05, 3.63) is 85.3 Å². The molecule has 28 heavy (non-hydrogen) atoms. The van der Waals surface area contributed by atoms with Crippen LogP contribution in [0.4, 0.5) is 5.69 Å². The minimum Gasteiger partial charge on any atom is -0.493 e. The fourth-order valence-corrected chi connectivity index (χ4v) is 3.41. The molecule has 0 aliphatic carbocycles. The first-order valence-electron chi connectivity index (χ1n) is 8.39. The quantitative estimate of drug-likeness (QED) is 0.361. The fraction of sp³-hybridized carbons (Fsp3) is 0.143. The first kappa shape index (κ1) is 21.1. The zero-order valence-electron chi connectivity index (χ0n) is 14.9. The maximum atomic E-state index is 6.45. The Hall–Kier alpha value is -1.59. The third-order valence-corrected chi connectivity index (χ3v) is 5.55. The lowest BCUT2D eigenvalue weighted by atomic mass is 10.2. The highest BCUT2D eigenvalue weighted by Crippen LogP contribution is 2.37. The first-order valence-corrected chi connectivity index (χ1v) is 10.3. The van der Waals surface area contributed by atoms with Gasteiger partial charge in [-0.05, 0) is 53.6 Å². The zero-order chi connectivity index (χ0) is 20.1. The van der Waals surface area contributed by atoms with Crippen molar-refractivity contribution in [2.24, 2.45) is 0 Å². The number of rotatable bonds is 7. The van der Waals surface area contributed by atoms with E-state index in [0.29, 0.717) is 39.7 Å². The van der Waals surface area contributed by atoms with Gasteiger partial charge in [0, 0.05) is 16.7 Å². The van der Waals surface area contributed by atoms with Crippen LogP contribution < -0.4 is 14.8 Å². The summed E-state index contributed by atoms with van der Waals surface area (Å²) < 4.78 is 12.4. The van der Waals surface area contributed by atoms with Crippen LogP contribution in [0.25, 0.3) is 0 Å². The van der Waals surface area contributed by atoms with Crippen molar-refractivity contribution in [1.82, 2.24) is 0 Å². The summed E-state index contributed by atoms with van der Waals surface area (Å²) in [7, 11) is 1.59. The molecule has 0 bridgehead atoms. The van der Waals surface area contributed by atoms with Crippen LogP contribution in [0.3, 0.4) is 0 Å². The van der Waals surface area contributed by atoms with Crippen LogP contribution in [0.5, 0.6) is 11.5 Å². The van der Waals surface area contributed by atoms with E-state index < -0.39 is 0 Å². The van der Waals surface area contributed by atoms with E-state index in [-0.39, 0.29) is 0 Å². The van der Waals surface area contributed by atoms with Crippen molar-refractivity contribution in [3.63, 3.8) is 0 Å². The van der Waals surface area contributed by atoms with Crippen molar-refractivity contribution in [2.75, 3.05) is 12.4 Å². The van der Waals surface area contributed by atoms with Crippen LogP contribution in [-0.2, 0) is 13.2 Å². The molecule has 0 radical (unpaired) electrons. The summed E-state index contributed by atoms with van der Waals surface area (Å²) in [4.78, 5) is 0. The Morgan fingerprint density at radius 2 is 1.61 bits per heavy atom. The van der Waals surface area contributed by atoms with Gasteiger partial charge in [0.05, 0.1) is 22.2 Å². The summed E-state index contributed by atoms with van der Waals surface area (Å²) in [5, 5.41) is 4.79. The third-order valence-electron chi connectivity index (χ3n) is 4.00. The van der Waals surface area contributed by atoms with E-state index in [4.69, 9.17) is 44.3 Å². The number of hydrogen-bond donors (Lipinski definition) is 1. The van der Waals surface area contributed by atoms with Crippen molar-refractivity contribution in [1.29, 1.82) is 0 Å². The molecular weight excluding hydrogens is 484 g/mol. The van der Waals surface area contributed by atoms with Gasteiger partial charge in [0.25, 0.3) is 0 Å². The van der Waals surface area contributed by atoms with Crippen molar-refractivity contribution < 1.29 is 9.47 Å². The first-order chi connectivity index (χ1) is 13.5. The van der Waals surface area contributed by atoms with Gasteiger partial charge in [-0.3, -0.25) is 0 Å². The Bertz CT molecular complexity index is 965. The molecule has 3 nitrogen and oxygen atoms in total. The second-order valence-corrected chi connectivity index (χ2v) is 8.14. The van der Waals surface area contributed by atoms with Gasteiger partial charge < -0.3 is 14.8 Å². The molecule has 0 aliphatic rings. The number of benzene rings is 3. The van der Waals surface area contributed by atoms with Crippen molar-refractivity contribution >= 4 is 56.4 Å². The zero-order valence-corrected chi connectivity index (χ0v) is 18.8. The lowest BCUT2D eigenvalue weighted by Gasteiger charge is -2.15. The Morgan fingerprint density at radius 3 is 2.29 bits per heavy atom. The minimum absolute atomic E-state index is 0.393. The highest BCUT2D eigenvalue weighted by Gasteiger charge is 2.13. The van der Waals surface area contributed by atoms with E-state index >= 15 is 0 Å². The van der Waals surface area contributed by atoms with E-state index in [1.165, 1.54) is 0 Å². The number of halogens is 4. The monoisotopic (exact) mass is 499 g/mol. The lowest BCUT2D eigenvalue weighted by molar-refractivity contribution is 0.284. The summed E-state index contributed by atoms with van der Waals surface area (Å²) in [5.41, 5.74) is 2.84. The molecule has 0 aliphatic heterocycles. The Morgan fingerprint density at radius 1 is 0.857 bits per heavy atom. The van der Waals surface area contributed by atoms with Gasteiger partial charge in [-0.2, -0.15) is 0 Å². The number of methoxy groups -OCH3 is 1.